The molecular formula is C5H10N2S. The lowest BCUT2D eigenvalue weighted by Gasteiger charge is -2.00. The lowest BCUT2D eigenvalue weighted by atomic mass is 10.6. The number of hydrogen-bond acceptors (Lipinski definition) is 2. The predicted octanol–water partition coefficient (Wildman–Crippen LogP) is 0.0245. The quantitative estimate of drug-likeness (QED) is 0.518. The van der Waals surface area contributed by atoms with Crippen LogP contribution < -0.4 is 11.1 Å². The second-order valence-electron chi connectivity index (χ2n) is 2.05. The van der Waals surface area contributed by atoms with Crippen molar-refractivity contribution in [3.63, 3.8) is 0 Å². The van der Waals surface area contributed by atoms with Crippen LogP contribution in [0.2, 0.25) is 0 Å². The Morgan fingerprint density at radius 2 is 2.38 bits per heavy atom. The van der Waals surface area contributed by atoms with Crippen LogP contribution in [0.15, 0.2) is 0 Å². The molecule has 0 saturated heterocycles. The normalized spacial score (nSPS) is 18.1. The van der Waals surface area contributed by atoms with E-state index in [4.69, 9.17) is 18.0 Å². The molecule has 0 aliphatic heterocycles. The number of nitrogens with one attached hydrogen (secondary N) is 1. The Hall–Kier alpha value is -0.150. The zero-order valence-electron chi connectivity index (χ0n) is 4.68. The van der Waals surface area contributed by atoms with Crippen LogP contribution >= 0.6 is 12.2 Å². The summed E-state index contributed by atoms with van der Waals surface area (Å²) in [5.41, 5.74) is 5.24. The van der Waals surface area contributed by atoms with Gasteiger partial charge in [0.05, 0.1) is 4.99 Å². The van der Waals surface area contributed by atoms with Crippen LogP contribution in [0, 0.1) is 0 Å². The highest BCUT2D eigenvalue weighted by Crippen LogP contribution is 2.18. The molecule has 0 spiro atoms. The summed E-state index contributed by atoms with van der Waals surface area (Å²) in [7, 11) is 0. The average Bonchev–Trinajstić information content (AvgIpc) is 2.50. The molecule has 1 saturated carbocycles. The summed E-state index contributed by atoms with van der Waals surface area (Å²) in [4.78, 5) is 0.799. The fourth-order valence-electron chi connectivity index (χ4n) is 0.514. The predicted molar refractivity (Wildman–Crippen MR) is 37.8 cm³/mol. The third-order valence-corrected chi connectivity index (χ3v) is 1.41. The molecule has 0 aromatic rings. The first kappa shape index (κ1) is 5.98. The molecule has 0 radical (unpaired) electrons. The third-order valence-electron chi connectivity index (χ3n) is 1.13. The molecule has 8 heavy (non-hydrogen) atoms. The monoisotopic (exact) mass is 130 g/mol. The SMILES string of the molecule is NCC(=S)NC1CC1. The molecule has 0 bridgehead atoms. The molecule has 46 valence electrons. The maximum atomic E-state index is 5.24. The van der Waals surface area contributed by atoms with Gasteiger partial charge in [-0.1, -0.05) is 12.2 Å². The summed E-state index contributed by atoms with van der Waals surface area (Å²) < 4.78 is 0. The van der Waals surface area contributed by atoms with Gasteiger partial charge in [-0.2, -0.15) is 0 Å². The zero-order chi connectivity index (χ0) is 5.98. The smallest absolute Gasteiger partial charge is 0.0893 e. The molecule has 1 rings (SSSR count). The van der Waals surface area contributed by atoms with Crippen molar-refractivity contribution in [2.45, 2.75) is 18.9 Å². The molecule has 2 nitrogen and oxygen atoms in total. The minimum absolute atomic E-state index is 0.492. The van der Waals surface area contributed by atoms with Gasteiger partial charge < -0.3 is 11.1 Å². The number of hydrogen-bond donors (Lipinski definition) is 2. The largest absolute Gasteiger partial charge is 0.376 e. The van der Waals surface area contributed by atoms with Gasteiger partial charge in [-0.15, -0.1) is 0 Å². The van der Waals surface area contributed by atoms with Gasteiger partial charge >= 0.3 is 0 Å². The Labute approximate surface area is 54.4 Å². The van der Waals surface area contributed by atoms with E-state index in [1.165, 1.54) is 12.8 Å². The molecule has 0 aromatic heterocycles. The first-order chi connectivity index (χ1) is 3.83. The van der Waals surface area contributed by atoms with E-state index in [0.717, 1.165) is 4.99 Å². The molecule has 1 aliphatic carbocycles. The lowest BCUT2D eigenvalue weighted by molar-refractivity contribution is 0.906. The van der Waals surface area contributed by atoms with Crippen LogP contribution in [-0.4, -0.2) is 17.6 Å². The maximum Gasteiger partial charge on any atom is 0.0893 e. The van der Waals surface area contributed by atoms with Crippen molar-refractivity contribution in [3.05, 3.63) is 0 Å². The molecular weight excluding hydrogens is 120 g/mol. The Bertz CT molecular complexity index is 98.6. The van der Waals surface area contributed by atoms with Gasteiger partial charge in [0.1, 0.15) is 0 Å². The highest BCUT2D eigenvalue weighted by atomic mass is 32.1. The molecule has 0 atom stereocenters. The van der Waals surface area contributed by atoms with Gasteiger partial charge in [-0.05, 0) is 12.8 Å². The second-order valence-corrected chi connectivity index (χ2v) is 2.54. The molecule has 0 amide bonds. The van der Waals surface area contributed by atoms with E-state index in [2.05, 4.69) is 5.32 Å². The summed E-state index contributed by atoms with van der Waals surface area (Å²) in [6, 6.07) is 0.658. The van der Waals surface area contributed by atoms with Crippen LogP contribution in [0.4, 0.5) is 0 Å². The molecule has 0 heterocycles. The molecule has 0 aromatic carbocycles. The highest BCUT2D eigenvalue weighted by molar-refractivity contribution is 7.80. The minimum Gasteiger partial charge on any atom is -0.376 e. The topological polar surface area (TPSA) is 38.0 Å². The van der Waals surface area contributed by atoms with Gasteiger partial charge in [0, 0.05) is 12.6 Å². The molecule has 1 aliphatic rings. The van der Waals surface area contributed by atoms with Crippen LogP contribution in [-0.2, 0) is 0 Å². The standard InChI is InChI=1S/C5H10N2S/c6-3-5(8)7-4-1-2-4/h4H,1-3,6H2,(H,7,8). The minimum atomic E-state index is 0.492. The zero-order valence-corrected chi connectivity index (χ0v) is 5.50. The third kappa shape index (κ3) is 1.76. The summed E-state index contributed by atoms with van der Waals surface area (Å²) in [5, 5.41) is 3.11. The van der Waals surface area contributed by atoms with Crippen molar-refractivity contribution in [1.82, 2.24) is 5.32 Å². The van der Waals surface area contributed by atoms with E-state index < -0.39 is 0 Å². The van der Waals surface area contributed by atoms with Gasteiger partial charge in [0.25, 0.3) is 0 Å². The van der Waals surface area contributed by atoms with E-state index in [9.17, 15) is 0 Å². The fraction of sp³-hybridized carbons (Fsp3) is 0.800. The number of thiocarbonyl (C=S) groups is 1. The summed E-state index contributed by atoms with van der Waals surface area (Å²) in [6.45, 7) is 0.492. The van der Waals surface area contributed by atoms with Crippen LogP contribution in [0.25, 0.3) is 0 Å². The van der Waals surface area contributed by atoms with E-state index in [0.29, 0.717) is 12.6 Å². The van der Waals surface area contributed by atoms with Crippen LogP contribution in [0.5, 0.6) is 0 Å². The molecule has 3 N–H and O–H groups in total. The second kappa shape index (κ2) is 2.42. The summed E-state index contributed by atoms with van der Waals surface area (Å²) in [5.74, 6) is 0. The number of nitrogens with two attached hydrogens (primary N) is 1. The maximum absolute atomic E-state index is 5.24. The van der Waals surface area contributed by atoms with Gasteiger partial charge in [-0.3, -0.25) is 0 Å². The van der Waals surface area contributed by atoms with Crippen LogP contribution in [0.1, 0.15) is 12.8 Å². The average molecular weight is 130 g/mol. The Balaban J connectivity index is 2.07. The molecule has 3 heteroatoms. The highest BCUT2D eigenvalue weighted by Gasteiger charge is 2.20. The summed E-state index contributed by atoms with van der Waals surface area (Å²) in [6.07, 6.45) is 2.53. The Kier molecular flexibility index (Phi) is 1.81. The van der Waals surface area contributed by atoms with Crippen molar-refractivity contribution in [2.24, 2.45) is 5.73 Å². The number of rotatable bonds is 2. The van der Waals surface area contributed by atoms with Crippen LogP contribution in [0.3, 0.4) is 0 Å². The molecule has 1 fully saturated rings. The first-order valence-corrected chi connectivity index (χ1v) is 3.23. The van der Waals surface area contributed by atoms with E-state index in [1.807, 2.05) is 0 Å². The van der Waals surface area contributed by atoms with E-state index >= 15 is 0 Å². The van der Waals surface area contributed by atoms with E-state index in [-0.39, 0.29) is 0 Å². The Morgan fingerprint density at radius 3 is 2.75 bits per heavy atom. The van der Waals surface area contributed by atoms with Crippen molar-refractivity contribution in [1.29, 1.82) is 0 Å². The van der Waals surface area contributed by atoms with Crippen molar-refractivity contribution < 1.29 is 0 Å². The lowest BCUT2D eigenvalue weighted by Crippen LogP contribution is -2.29. The molecule has 0 unspecified atom stereocenters. The fourth-order valence-corrected chi connectivity index (χ4v) is 0.681. The van der Waals surface area contributed by atoms with Gasteiger partial charge in [-0.25, -0.2) is 0 Å². The van der Waals surface area contributed by atoms with Gasteiger partial charge in [0.15, 0.2) is 0 Å². The Morgan fingerprint density at radius 1 is 1.75 bits per heavy atom. The van der Waals surface area contributed by atoms with Crippen molar-refractivity contribution >= 4 is 17.2 Å². The van der Waals surface area contributed by atoms with Crippen molar-refractivity contribution in [3.8, 4) is 0 Å². The summed E-state index contributed by atoms with van der Waals surface area (Å²) >= 11 is 4.84. The van der Waals surface area contributed by atoms with E-state index in [1.54, 1.807) is 0 Å². The van der Waals surface area contributed by atoms with Gasteiger partial charge in [0.2, 0.25) is 0 Å². The first-order valence-electron chi connectivity index (χ1n) is 2.82. The van der Waals surface area contributed by atoms with Crippen molar-refractivity contribution in [2.75, 3.05) is 6.54 Å².